The largest absolute Gasteiger partial charge is 0.375 e. The molecule has 1 N–H and O–H groups in total. The summed E-state index contributed by atoms with van der Waals surface area (Å²) >= 11 is 0. The molecule has 0 bridgehead atoms. The molecule has 1 spiro atoms. The molecule has 3 fully saturated rings. The quantitative estimate of drug-likeness (QED) is 0.833. The summed E-state index contributed by atoms with van der Waals surface area (Å²) in [6.07, 6.45) is 10.8. The average molecular weight is 293 g/mol. The third kappa shape index (κ3) is 2.91. The lowest BCUT2D eigenvalue weighted by Gasteiger charge is -2.54. The van der Waals surface area contributed by atoms with E-state index in [9.17, 15) is 0 Å². The Morgan fingerprint density at radius 2 is 1.90 bits per heavy atom. The molecule has 1 saturated heterocycles. The molecule has 2 saturated carbocycles. The summed E-state index contributed by atoms with van der Waals surface area (Å²) in [5.41, 5.74) is 0.734. The smallest absolute Gasteiger partial charge is 0.0685 e. The Hall–Kier alpha value is -0.0800. The van der Waals surface area contributed by atoms with E-state index in [1.165, 1.54) is 51.4 Å². The van der Waals surface area contributed by atoms with Crippen molar-refractivity contribution < 1.29 is 4.74 Å². The number of ether oxygens (including phenoxy) is 1. The highest BCUT2D eigenvalue weighted by atomic mass is 16.5. The van der Waals surface area contributed by atoms with Crippen LogP contribution in [0, 0.1) is 23.2 Å². The van der Waals surface area contributed by atoms with E-state index < -0.39 is 0 Å². The van der Waals surface area contributed by atoms with Gasteiger partial charge in [0.2, 0.25) is 0 Å². The fourth-order valence-corrected chi connectivity index (χ4v) is 5.48. The van der Waals surface area contributed by atoms with Crippen LogP contribution in [0.4, 0.5) is 0 Å². The van der Waals surface area contributed by atoms with Crippen LogP contribution in [0.2, 0.25) is 0 Å². The van der Waals surface area contributed by atoms with Crippen molar-refractivity contribution in [3.05, 3.63) is 0 Å². The molecular weight excluding hydrogens is 258 g/mol. The Balaban J connectivity index is 1.72. The molecule has 2 aliphatic carbocycles. The minimum Gasteiger partial charge on any atom is -0.375 e. The molecule has 0 aromatic heterocycles. The van der Waals surface area contributed by atoms with E-state index in [0.29, 0.717) is 11.5 Å². The molecule has 2 nitrogen and oxygen atoms in total. The molecule has 0 amide bonds. The van der Waals surface area contributed by atoms with Gasteiger partial charge in [0.25, 0.3) is 0 Å². The summed E-state index contributed by atoms with van der Waals surface area (Å²) < 4.78 is 6.17. The minimum absolute atomic E-state index is 0.289. The monoisotopic (exact) mass is 293 g/mol. The lowest BCUT2D eigenvalue weighted by Crippen LogP contribution is -2.53. The molecule has 1 aliphatic heterocycles. The van der Waals surface area contributed by atoms with Gasteiger partial charge in [-0.2, -0.15) is 0 Å². The average Bonchev–Trinajstić information content (AvgIpc) is 2.45. The van der Waals surface area contributed by atoms with Gasteiger partial charge in [-0.05, 0) is 75.2 Å². The summed E-state index contributed by atoms with van der Waals surface area (Å²) in [4.78, 5) is 0. The van der Waals surface area contributed by atoms with Gasteiger partial charge in [-0.25, -0.2) is 0 Å². The van der Waals surface area contributed by atoms with Crippen molar-refractivity contribution in [3.63, 3.8) is 0 Å². The molecule has 21 heavy (non-hydrogen) atoms. The fraction of sp³-hybridized carbons (Fsp3) is 1.00. The first-order valence-electron chi connectivity index (χ1n) is 9.28. The molecule has 2 heteroatoms. The summed E-state index contributed by atoms with van der Waals surface area (Å²) in [6.45, 7) is 8.54. The van der Waals surface area contributed by atoms with Crippen molar-refractivity contribution in [3.8, 4) is 0 Å². The molecule has 0 aromatic rings. The number of hydrogen-bond acceptors (Lipinski definition) is 2. The van der Waals surface area contributed by atoms with Crippen molar-refractivity contribution in [2.75, 3.05) is 13.7 Å². The lowest BCUT2D eigenvalue weighted by atomic mass is 9.57. The van der Waals surface area contributed by atoms with Crippen LogP contribution in [0.1, 0.15) is 72.1 Å². The third-order valence-corrected chi connectivity index (χ3v) is 7.25. The van der Waals surface area contributed by atoms with E-state index in [4.69, 9.17) is 4.74 Å². The Bertz CT molecular complexity index is 361. The predicted molar refractivity (Wildman–Crippen MR) is 88.4 cm³/mol. The fourth-order valence-electron chi connectivity index (χ4n) is 5.48. The van der Waals surface area contributed by atoms with Gasteiger partial charge in [0.05, 0.1) is 5.60 Å². The topological polar surface area (TPSA) is 21.3 Å². The number of nitrogens with one attached hydrogen (secondary N) is 1. The molecule has 0 aromatic carbocycles. The van der Waals surface area contributed by atoms with Gasteiger partial charge < -0.3 is 10.1 Å². The Kier molecular flexibility index (Phi) is 4.40. The number of hydrogen-bond donors (Lipinski definition) is 1. The zero-order valence-electron chi connectivity index (χ0n) is 14.6. The standard InChI is InChI=1S/C19H35NO/c1-14-6-7-16(17(12-14)20-4)18(2,3)15-8-11-21-19(13-15)9-5-10-19/h14-17,20H,5-13H2,1-4H3. The highest BCUT2D eigenvalue weighted by molar-refractivity contribution is 5.01. The zero-order chi connectivity index (χ0) is 15.1. The maximum absolute atomic E-state index is 6.17. The maximum atomic E-state index is 6.17. The summed E-state index contributed by atoms with van der Waals surface area (Å²) in [5.74, 6) is 2.57. The summed E-state index contributed by atoms with van der Waals surface area (Å²) in [7, 11) is 2.17. The van der Waals surface area contributed by atoms with Crippen LogP contribution < -0.4 is 5.32 Å². The molecule has 122 valence electrons. The van der Waals surface area contributed by atoms with Crippen LogP contribution in [0.15, 0.2) is 0 Å². The maximum Gasteiger partial charge on any atom is 0.0685 e. The van der Waals surface area contributed by atoms with E-state index in [-0.39, 0.29) is 5.60 Å². The van der Waals surface area contributed by atoms with Gasteiger partial charge in [0.1, 0.15) is 0 Å². The summed E-state index contributed by atoms with van der Waals surface area (Å²) in [5, 5.41) is 3.65. The van der Waals surface area contributed by atoms with E-state index >= 15 is 0 Å². The molecular formula is C19H35NO. The van der Waals surface area contributed by atoms with Gasteiger partial charge in [0, 0.05) is 12.6 Å². The van der Waals surface area contributed by atoms with Crippen molar-refractivity contribution in [2.45, 2.75) is 83.8 Å². The molecule has 1 heterocycles. The van der Waals surface area contributed by atoms with Gasteiger partial charge in [-0.15, -0.1) is 0 Å². The first-order chi connectivity index (χ1) is 9.97. The van der Waals surface area contributed by atoms with E-state index in [2.05, 4.69) is 33.1 Å². The highest BCUT2D eigenvalue weighted by Crippen LogP contribution is 2.53. The van der Waals surface area contributed by atoms with Gasteiger partial charge >= 0.3 is 0 Å². The summed E-state index contributed by atoms with van der Waals surface area (Å²) in [6, 6.07) is 0.712. The van der Waals surface area contributed by atoms with Gasteiger partial charge in [0.15, 0.2) is 0 Å². The molecule has 0 radical (unpaired) electrons. The minimum atomic E-state index is 0.289. The van der Waals surface area contributed by atoms with Crippen molar-refractivity contribution in [1.29, 1.82) is 0 Å². The van der Waals surface area contributed by atoms with Gasteiger partial charge in [-0.1, -0.05) is 27.2 Å². The second kappa shape index (κ2) is 5.85. The number of rotatable bonds is 3. The predicted octanol–water partition coefficient (Wildman–Crippen LogP) is 4.39. The SMILES string of the molecule is CNC1CC(C)CCC1C(C)(C)C1CCOC2(CCC2)C1. The second-order valence-corrected chi connectivity index (χ2v) is 8.82. The molecule has 3 aliphatic rings. The second-order valence-electron chi connectivity index (χ2n) is 8.82. The lowest BCUT2D eigenvalue weighted by molar-refractivity contribution is -0.165. The van der Waals surface area contributed by atoms with Crippen molar-refractivity contribution in [2.24, 2.45) is 23.2 Å². The molecule has 4 atom stereocenters. The van der Waals surface area contributed by atoms with Crippen LogP contribution in [-0.4, -0.2) is 25.3 Å². The van der Waals surface area contributed by atoms with Crippen molar-refractivity contribution in [1.82, 2.24) is 5.32 Å². The first kappa shape index (κ1) is 15.8. The van der Waals surface area contributed by atoms with Crippen LogP contribution >= 0.6 is 0 Å². The van der Waals surface area contributed by atoms with Gasteiger partial charge in [-0.3, -0.25) is 0 Å². The normalized spacial score (nSPS) is 40.0. The Morgan fingerprint density at radius 3 is 2.52 bits per heavy atom. The van der Waals surface area contributed by atoms with E-state index in [1.807, 2.05) is 0 Å². The van der Waals surface area contributed by atoms with Crippen LogP contribution in [-0.2, 0) is 4.74 Å². The van der Waals surface area contributed by atoms with Crippen LogP contribution in [0.5, 0.6) is 0 Å². The van der Waals surface area contributed by atoms with Crippen LogP contribution in [0.25, 0.3) is 0 Å². The molecule has 4 unspecified atom stereocenters. The van der Waals surface area contributed by atoms with Crippen LogP contribution in [0.3, 0.4) is 0 Å². The van der Waals surface area contributed by atoms with E-state index in [1.54, 1.807) is 0 Å². The first-order valence-corrected chi connectivity index (χ1v) is 9.28. The Morgan fingerprint density at radius 1 is 1.14 bits per heavy atom. The molecule has 3 rings (SSSR count). The zero-order valence-corrected chi connectivity index (χ0v) is 14.6. The van der Waals surface area contributed by atoms with E-state index in [0.717, 1.165) is 24.4 Å². The highest BCUT2D eigenvalue weighted by Gasteiger charge is 2.49. The van der Waals surface area contributed by atoms with Crippen molar-refractivity contribution >= 4 is 0 Å². The third-order valence-electron chi connectivity index (χ3n) is 7.25. The Labute approximate surface area is 131 Å².